The molecule has 3 rings (SSSR count). The van der Waals surface area contributed by atoms with E-state index >= 15 is 0 Å². The van der Waals surface area contributed by atoms with Crippen LogP contribution in [0.25, 0.3) is 0 Å². The number of hydrogen-bond donors (Lipinski definition) is 2. The molecule has 0 bridgehead atoms. The SMILES string of the molecule is Cc1[nH]ncc1NC1CC2(C1)CN(C)C2OC(=O)C(F)(F)F. The third kappa shape index (κ3) is 2.43. The third-order valence-corrected chi connectivity index (χ3v) is 4.43. The lowest BCUT2D eigenvalue weighted by molar-refractivity contribution is -0.263. The third-order valence-electron chi connectivity index (χ3n) is 4.43. The Morgan fingerprint density at radius 1 is 1.55 bits per heavy atom. The van der Waals surface area contributed by atoms with Crippen molar-refractivity contribution in [2.45, 2.75) is 38.2 Å². The second-order valence-corrected chi connectivity index (χ2v) is 6.19. The summed E-state index contributed by atoms with van der Waals surface area (Å²) in [5.74, 6) is -2.12. The van der Waals surface area contributed by atoms with E-state index in [1.54, 1.807) is 18.1 Å². The maximum Gasteiger partial charge on any atom is 0.490 e. The monoisotopic (exact) mass is 318 g/mol. The summed E-state index contributed by atoms with van der Waals surface area (Å²) >= 11 is 0. The Bertz CT molecular complexity index is 580. The van der Waals surface area contributed by atoms with Crippen molar-refractivity contribution in [3.8, 4) is 0 Å². The van der Waals surface area contributed by atoms with Gasteiger partial charge in [0.2, 0.25) is 0 Å². The Labute approximate surface area is 125 Å². The first-order chi connectivity index (χ1) is 10.2. The number of nitrogens with zero attached hydrogens (tertiary/aromatic N) is 2. The van der Waals surface area contributed by atoms with Crippen molar-refractivity contribution in [2.24, 2.45) is 5.41 Å². The molecule has 9 heteroatoms. The average Bonchev–Trinajstić information content (AvgIpc) is 2.77. The number of likely N-dealkylation sites (tertiary alicyclic amines) is 1. The van der Waals surface area contributed by atoms with Crippen LogP contribution in [-0.4, -0.2) is 53.1 Å². The van der Waals surface area contributed by atoms with Gasteiger partial charge in [0, 0.05) is 18.0 Å². The number of halogens is 3. The Balaban J connectivity index is 1.57. The van der Waals surface area contributed by atoms with E-state index in [1.165, 1.54) is 0 Å². The maximum absolute atomic E-state index is 12.3. The van der Waals surface area contributed by atoms with E-state index in [9.17, 15) is 18.0 Å². The number of aromatic nitrogens is 2. The Morgan fingerprint density at radius 3 is 2.73 bits per heavy atom. The Morgan fingerprint density at radius 2 is 2.23 bits per heavy atom. The molecule has 1 spiro atoms. The van der Waals surface area contributed by atoms with Crippen molar-refractivity contribution in [1.82, 2.24) is 15.1 Å². The number of rotatable bonds is 3. The van der Waals surface area contributed by atoms with Crippen molar-refractivity contribution >= 4 is 11.7 Å². The van der Waals surface area contributed by atoms with Crippen LogP contribution >= 0.6 is 0 Å². The van der Waals surface area contributed by atoms with E-state index in [4.69, 9.17) is 0 Å². The molecule has 1 aliphatic carbocycles. The van der Waals surface area contributed by atoms with Crippen LogP contribution in [0.4, 0.5) is 18.9 Å². The van der Waals surface area contributed by atoms with Crippen LogP contribution in [0.3, 0.4) is 0 Å². The molecular formula is C13H17F3N4O2. The Kier molecular flexibility index (Phi) is 3.35. The molecule has 0 aromatic carbocycles. The summed E-state index contributed by atoms with van der Waals surface area (Å²) in [6.07, 6.45) is -2.75. The second kappa shape index (κ2) is 4.87. The van der Waals surface area contributed by atoms with Gasteiger partial charge in [-0.15, -0.1) is 0 Å². The molecule has 1 aromatic heterocycles. The van der Waals surface area contributed by atoms with Crippen molar-refractivity contribution < 1.29 is 22.7 Å². The summed E-state index contributed by atoms with van der Waals surface area (Å²) in [5.41, 5.74) is 1.42. The summed E-state index contributed by atoms with van der Waals surface area (Å²) in [6, 6.07) is 0.150. The van der Waals surface area contributed by atoms with Crippen LogP contribution in [0, 0.1) is 12.3 Å². The second-order valence-electron chi connectivity index (χ2n) is 6.19. The number of aryl methyl sites for hydroxylation is 1. The first-order valence-corrected chi connectivity index (χ1v) is 6.96. The fourth-order valence-electron chi connectivity index (χ4n) is 3.47. The number of alkyl halides is 3. The van der Waals surface area contributed by atoms with Gasteiger partial charge in [0.05, 0.1) is 17.6 Å². The van der Waals surface area contributed by atoms with Gasteiger partial charge < -0.3 is 10.1 Å². The molecular weight excluding hydrogens is 301 g/mol. The lowest BCUT2D eigenvalue weighted by Gasteiger charge is -2.62. The molecule has 122 valence electrons. The summed E-state index contributed by atoms with van der Waals surface area (Å²) in [6.45, 7) is 2.51. The Hall–Kier alpha value is -1.77. The zero-order valence-electron chi connectivity index (χ0n) is 12.2. The lowest BCUT2D eigenvalue weighted by atomic mass is 9.59. The molecule has 1 aliphatic heterocycles. The number of anilines is 1. The summed E-state index contributed by atoms with van der Waals surface area (Å²) in [7, 11) is 1.65. The van der Waals surface area contributed by atoms with E-state index in [0.29, 0.717) is 19.4 Å². The highest BCUT2D eigenvalue weighted by Crippen LogP contribution is 2.54. The zero-order chi connectivity index (χ0) is 16.1. The van der Waals surface area contributed by atoms with Crippen LogP contribution in [0.5, 0.6) is 0 Å². The van der Waals surface area contributed by atoms with E-state index in [1.807, 2.05) is 6.92 Å². The normalized spacial score (nSPS) is 31.5. The smallest absolute Gasteiger partial charge is 0.439 e. The number of ether oxygens (including phenoxy) is 1. The number of H-pyrrole nitrogens is 1. The highest BCUT2D eigenvalue weighted by Gasteiger charge is 2.61. The van der Waals surface area contributed by atoms with Gasteiger partial charge in [-0.25, -0.2) is 4.79 Å². The minimum atomic E-state index is -4.95. The topological polar surface area (TPSA) is 70.2 Å². The lowest BCUT2D eigenvalue weighted by Crippen LogP contribution is -2.71. The summed E-state index contributed by atoms with van der Waals surface area (Å²) in [4.78, 5) is 12.6. The number of carbonyl (C=O) groups is 1. The van der Waals surface area contributed by atoms with Gasteiger partial charge in [-0.2, -0.15) is 18.3 Å². The molecule has 2 heterocycles. The van der Waals surface area contributed by atoms with Gasteiger partial charge in [-0.05, 0) is 26.8 Å². The molecule has 1 unspecified atom stereocenters. The van der Waals surface area contributed by atoms with Gasteiger partial charge in [0.15, 0.2) is 6.23 Å². The molecule has 1 atom stereocenters. The molecule has 2 fully saturated rings. The number of carbonyl (C=O) groups excluding carboxylic acids is 1. The van der Waals surface area contributed by atoms with Crippen LogP contribution in [0.2, 0.25) is 0 Å². The molecule has 2 aliphatic rings. The number of hydrogen-bond acceptors (Lipinski definition) is 5. The standard InChI is InChI=1S/C13H17F3N4O2/c1-7-9(5-17-19-7)18-8-3-12(4-8)6-20(2)10(12)22-11(21)13(14,15)16/h5,8,10,18H,3-4,6H2,1-2H3,(H,17,19). The molecule has 22 heavy (non-hydrogen) atoms. The molecule has 2 N–H and O–H groups in total. The quantitative estimate of drug-likeness (QED) is 0.830. The number of aromatic amines is 1. The van der Waals surface area contributed by atoms with E-state index in [-0.39, 0.29) is 11.5 Å². The molecule has 0 radical (unpaired) electrons. The van der Waals surface area contributed by atoms with Crippen molar-refractivity contribution in [2.75, 3.05) is 18.9 Å². The molecule has 1 saturated carbocycles. The van der Waals surface area contributed by atoms with Crippen molar-refractivity contribution in [3.05, 3.63) is 11.9 Å². The van der Waals surface area contributed by atoms with Crippen LogP contribution in [-0.2, 0) is 9.53 Å². The number of nitrogens with one attached hydrogen (secondary N) is 2. The first kappa shape index (κ1) is 15.1. The predicted octanol–water partition coefficient (Wildman–Crippen LogP) is 1.66. The largest absolute Gasteiger partial charge is 0.490 e. The number of esters is 1. The van der Waals surface area contributed by atoms with Gasteiger partial charge in [-0.3, -0.25) is 10.00 Å². The van der Waals surface area contributed by atoms with Crippen molar-refractivity contribution in [1.29, 1.82) is 0 Å². The molecule has 1 aromatic rings. The molecule has 6 nitrogen and oxygen atoms in total. The fourth-order valence-corrected chi connectivity index (χ4v) is 3.47. The van der Waals surface area contributed by atoms with Gasteiger partial charge in [0.25, 0.3) is 0 Å². The van der Waals surface area contributed by atoms with Crippen LogP contribution in [0.1, 0.15) is 18.5 Å². The minimum absolute atomic E-state index is 0.150. The maximum atomic E-state index is 12.3. The van der Waals surface area contributed by atoms with Crippen LogP contribution < -0.4 is 5.32 Å². The summed E-state index contributed by atoms with van der Waals surface area (Å²) < 4.78 is 41.6. The predicted molar refractivity (Wildman–Crippen MR) is 71.0 cm³/mol. The zero-order valence-corrected chi connectivity index (χ0v) is 12.2. The van der Waals surface area contributed by atoms with Gasteiger partial charge in [0.1, 0.15) is 0 Å². The van der Waals surface area contributed by atoms with Gasteiger partial charge in [-0.1, -0.05) is 0 Å². The van der Waals surface area contributed by atoms with Crippen LogP contribution in [0.15, 0.2) is 6.20 Å². The van der Waals surface area contributed by atoms with Crippen molar-refractivity contribution in [3.63, 3.8) is 0 Å². The molecule has 1 saturated heterocycles. The fraction of sp³-hybridized carbons (Fsp3) is 0.692. The van der Waals surface area contributed by atoms with E-state index < -0.39 is 18.4 Å². The highest BCUT2D eigenvalue weighted by molar-refractivity contribution is 5.76. The summed E-state index contributed by atoms with van der Waals surface area (Å²) in [5, 5.41) is 10.0. The highest BCUT2D eigenvalue weighted by atomic mass is 19.4. The minimum Gasteiger partial charge on any atom is -0.439 e. The van der Waals surface area contributed by atoms with E-state index in [2.05, 4.69) is 20.3 Å². The average molecular weight is 318 g/mol. The van der Waals surface area contributed by atoms with E-state index in [0.717, 1.165) is 11.4 Å². The molecule has 0 amide bonds. The van der Waals surface area contributed by atoms with Gasteiger partial charge >= 0.3 is 12.1 Å². The first-order valence-electron chi connectivity index (χ1n) is 6.96.